The van der Waals surface area contributed by atoms with Crippen molar-refractivity contribution in [3.63, 3.8) is 0 Å². The Morgan fingerprint density at radius 3 is 2.94 bits per heavy atom. The van der Waals surface area contributed by atoms with Crippen LogP contribution >= 0.6 is 0 Å². The molecule has 1 saturated heterocycles. The minimum Gasteiger partial charge on any atom is -0.398 e. The summed E-state index contributed by atoms with van der Waals surface area (Å²) in [4.78, 5) is 2.27. The molecule has 100 valence electrons. The Labute approximate surface area is 108 Å². The SMILES string of the molecule is CCC1COC(C)CN1Cc1c(N)cccc1F. The van der Waals surface area contributed by atoms with Crippen molar-refractivity contribution >= 4 is 5.69 Å². The van der Waals surface area contributed by atoms with E-state index in [1.807, 2.05) is 6.92 Å². The van der Waals surface area contributed by atoms with Crippen molar-refractivity contribution in [1.29, 1.82) is 0 Å². The Morgan fingerprint density at radius 1 is 1.50 bits per heavy atom. The number of nitrogens with two attached hydrogens (primary N) is 1. The molecule has 2 rings (SSSR count). The van der Waals surface area contributed by atoms with Crippen molar-refractivity contribution in [2.45, 2.75) is 39.0 Å². The fourth-order valence-electron chi connectivity index (χ4n) is 2.43. The van der Waals surface area contributed by atoms with Crippen LogP contribution in [-0.2, 0) is 11.3 Å². The van der Waals surface area contributed by atoms with Crippen LogP contribution in [0.3, 0.4) is 0 Å². The van der Waals surface area contributed by atoms with Crippen LogP contribution in [0.1, 0.15) is 25.8 Å². The van der Waals surface area contributed by atoms with E-state index in [1.165, 1.54) is 6.07 Å². The van der Waals surface area contributed by atoms with Gasteiger partial charge in [-0.2, -0.15) is 0 Å². The topological polar surface area (TPSA) is 38.5 Å². The molecule has 0 amide bonds. The van der Waals surface area contributed by atoms with Gasteiger partial charge in [0, 0.05) is 30.4 Å². The second-order valence-electron chi connectivity index (χ2n) is 4.94. The number of morpholine rings is 1. The number of ether oxygens (including phenoxy) is 1. The predicted octanol–water partition coefficient (Wildman–Crippen LogP) is 2.41. The highest BCUT2D eigenvalue weighted by molar-refractivity contribution is 5.47. The second kappa shape index (κ2) is 5.67. The van der Waals surface area contributed by atoms with Gasteiger partial charge in [-0.15, -0.1) is 0 Å². The zero-order chi connectivity index (χ0) is 13.1. The van der Waals surface area contributed by atoms with Gasteiger partial charge in [-0.3, -0.25) is 4.90 Å². The van der Waals surface area contributed by atoms with Crippen LogP contribution in [0.25, 0.3) is 0 Å². The summed E-state index contributed by atoms with van der Waals surface area (Å²) in [6, 6.07) is 5.22. The minimum absolute atomic E-state index is 0.195. The highest BCUT2D eigenvalue weighted by Gasteiger charge is 2.26. The summed E-state index contributed by atoms with van der Waals surface area (Å²) < 4.78 is 19.4. The number of nitrogens with zero attached hydrogens (tertiary/aromatic N) is 1. The third-order valence-corrected chi connectivity index (χ3v) is 3.57. The van der Waals surface area contributed by atoms with E-state index in [-0.39, 0.29) is 11.9 Å². The smallest absolute Gasteiger partial charge is 0.129 e. The number of anilines is 1. The maximum atomic E-state index is 13.8. The molecule has 1 heterocycles. The van der Waals surface area contributed by atoms with Crippen molar-refractivity contribution in [1.82, 2.24) is 4.90 Å². The van der Waals surface area contributed by atoms with Crippen LogP contribution in [0.4, 0.5) is 10.1 Å². The molecule has 0 bridgehead atoms. The summed E-state index contributed by atoms with van der Waals surface area (Å²) in [5.41, 5.74) is 7.00. The van der Waals surface area contributed by atoms with Gasteiger partial charge in [0.1, 0.15) is 5.82 Å². The Morgan fingerprint density at radius 2 is 2.28 bits per heavy atom. The Hall–Kier alpha value is -1.13. The van der Waals surface area contributed by atoms with Crippen LogP contribution in [0.2, 0.25) is 0 Å². The minimum atomic E-state index is -0.219. The maximum absolute atomic E-state index is 13.8. The molecule has 2 atom stereocenters. The van der Waals surface area contributed by atoms with E-state index in [2.05, 4.69) is 11.8 Å². The normalized spacial score (nSPS) is 25.3. The van der Waals surface area contributed by atoms with Crippen molar-refractivity contribution in [2.75, 3.05) is 18.9 Å². The van der Waals surface area contributed by atoms with Gasteiger partial charge in [-0.25, -0.2) is 4.39 Å². The van der Waals surface area contributed by atoms with E-state index in [0.29, 0.717) is 30.4 Å². The summed E-state index contributed by atoms with van der Waals surface area (Å²) in [5.74, 6) is -0.219. The average molecular weight is 252 g/mol. The number of rotatable bonds is 3. The fraction of sp³-hybridized carbons (Fsp3) is 0.571. The first-order chi connectivity index (χ1) is 8.61. The number of nitrogen functional groups attached to an aromatic ring is 1. The first-order valence-corrected chi connectivity index (χ1v) is 6.50. The summed E-state index contributed by atoms with van der Waals surface area (Å²) in [7, 11) is 0. The van der Waals surface area contributed by atoms with Gasteiger partial charge < -0.3 is 10.5 Å². The van der Waals surface area contributed by atoms with Gasteiger partial charge in [0.15, 0.2) is 0 Å². The predicted molar refractivity (Wildman–Crippen MR) is 70.7 cm³/mol. The van der Waals surface area contributed by atoms with Crippen LogP contribution in [0.15, 0.2) is 18.2 Å². The van der Waals surface area contributed by atoms with Gasteiger partial charge in [0.05, 0.1) is 12.7 Å². The molecule has 0 spiro atoms. The van der Waals surface area contributed by atoms with Crippen LogP contribution in [0.5, 0.6) is 0 Å². The Balaban J connectivity index is 2.15. The Bertz CT molecular complexity index is 391. The van der Waals surface area contributed by atoms with Gasteiger partial charge in [0.25, 0.3) is 0 Å². The van der Waals surface area contributed by atoms with Crippen LogP contribution < -0.4 is 5.73 Å². The molecule has 0 aromatic heterocycles. The molecule has 2 unspecified atom stereocenters. The van der Waals surface area contributed by atoms with Crippen molar-refractivity contribution in [3.05, 3.63) is 29.6 Å². The van der Waals surface area contributed by atoms with Crippen LogP contribution in [0, 0.1) is 5.82 Å². The quantitative estimate of drug-likeness (QED) is 0.840. The summed E-state index contributed by atoms with van der Waals surface area (Å²) in [5, 5.41) is 0. The molecular formula is C14H21FN2O. The monoisotopic (exact) mass is 252 g/mol. The highest BCUT2D eigenvalue weighted by Crippen LogP contribution is 2.22. The molecule has 0 aliphatic carbocycles. The van der Waals surface area contributed by atoms with Crippen LogP contribution in [-0.4, -0.2) is 30.2 Å². The number of hydrogen-bond acceptors (Lipinski definition) is 3. The molecule has 3 nitrogen and oxygen atoms in total. The van der Waals surface area contributed by atoms with E-state index >= 15 is 0 Å². The van der Waals surface area contributed by atoms with Gasteiger partial charge >= 0.3 is 0 Å². The largest absolute Gasteiger partial charge is 0.398 e. The fourth-order valence-corrected chi connectivity index (χ4v) is 2.43. The zero-order valence-electron chi connectivity index (χ0n) is 11.0. The zero-order valence-corrected chi connectivity index (χ0v) is 11.0. The number of halogens is 1. The number of hydrogen-bond donors (Lipinski definition) is 1. The van der Waals surface area contributed by atoms with Crippen molar-refractivity contribution in [2.24, 2.45) is 0 Å². The molecule has 1 aliphatic heterocycles. The van der Waals surface area contributed by atoms with Gasteiger partial charge in [-0.1, -0.05) is 13.0 Å². The summed E-state index contributed by atoms with van der Waals surface area (Å²) in [6.45, 7) is 6.27. The molecular weight excluding hydrogens is 231 g/mol. The van der Waals surface area contributed by atoms with Crippen molar-refractivity contribution in [3.8, 4) is 0 Å². The van der Waals surface area contributed by atoms with E-state index in [9.17, 15) is 4.39 Å². The van der Waals surface area contributed by atoms with E-state index in [0.717, 1.165) is 13.0 Å². The second-order valence-corrected chi connectivity index (χ2v) is 4.94. The average Bonchev–Trinajstić information content (AvgIpc) is 2.34. The summed E-state index contributed by atoms with van der Waals surface area (Å²) >= 11 is 0. The summed E-state index contributed by atoms with van der Waals surface area (Å²) in [6.07, 6.45) is 1.20. The van der Waals surface area contributed by atoms with Crippen molar-refractivity contribution < 1.29 is 9.13 Å². The molecule has 1 aliphatic rings. The van der Waals surface area contributed by atoms with E-state index in [4.69, 9.17) is 10.5 Å². The first kappa shape index (κ1) is 13.3. The first-order valence-electron chi connectivity index (χ1n) is 6.50. The molecule has 0 saturated carbocycles. The standard InChI is InChI=1S/C14H21FN2O/c1-3-11-9-18-10(2)7-17(11)8-12-13(15)5-4-6-14(12)16/h4-6,10-11H,3,7-9,16H2,1-2H3. The lowest BCUT2D eigenvalue weighted by Crippen LogP contribution is -2.48. The molecule has 1 aromatic carbocycles. The van der Waals surface area contributed by atoms with Gasteiger partial charge in [0.2, 0.25) is 0 Å². The third kappa shape index (κ3) is 2.82. The van der Waals surface area contributed by atoms with Gasteiger partial charge in [-0.05, 0) is 25.5 Å². The Kier molecular flexibility index (Phi) is 4.19. The van der Waals surface area contributed by atoms with E-state index < -0.39 is 0 Å². The lowest BCUT2D eigenvalue weighted by Gasteiger charge is -2.38. The molecule has 0 radical (unpaired) electrons. The number of benzene rings is 1. The molecule has 18 heavy (non-hydrogen) atoms. The molecule has 1 fully saturated rings. The lowest BCUT2D eigenvalue weighted by molar-refractivity contribution is -0.0594. The highest BCUT2D eigenvalue weighted by atomic mass is 19.1. The van der Waals surface area contributed by atoms with E-state index in [1.54, 1.807) is 12.1 Å². The lowest BCUT2D eigenvalue weighted by atomic mass is 10.1. The molecule has 2 N–H and O–H groups in total. The maximum Gasteiger partial charge on any atom is 0.129 e. The third-order valence-electron chi connectivity index (χ3n) is 3.57. The molecule has 1 aromatic rings. The molecule has 4 heteroatoms.